The zero-order valence-corrected chi connectivity index (χ0v) is 16.3. The van der Waals surface area contributed by atoms with Crippen LogP contribution in [0.2, 0.25) is 0 Å². The molecule has 1 N–H and O–H groups in total. The monoisotopic (exact) mass is 371 g/mol. The fraction of sp³-hybridized carbons (Fsp3) is 0.545. The van der Waals surface area contributed by atoms with Gasteiger partial charge >= 0.3 is 5.97 Å². The predicted molar refractivity (Wildman–Crippen MR) is 103 cm³/mol. The molecule has 27 heavy (non-hydrogen) atoms. The van der Waals surface area contributed by atoms with E-state index in [1.54, 1.807) is 6.92 Å². The van der Waals surface area contributed by atoms with E-state index < -0.39 is 0 Å². The predicted octanol–water partition coefficient (Wildman–Crippen LogP) is 4.09. The van der Waals surface area contributed by atoms with Crippen molar-refractivity contribution in [3.63, 3.8) is 0 Å². The van der Waals surface area contributed by atoms with Crippen LogP contribution in [0.4, 0.5) is 0 Å². The summed E-state index contributed by atoms with van der Waals surface area (Å²) < 4.78 is 11.4. The maximum Gasteiger partial charge on any atom is 0.336 e. The molecule has 5 nitrogen and oxygen atoms in total. The quantitative estimate of drug-likeness (QED) is 0.765. The van der Waals surface area contributed by atoms with Gasteiger partial charge in [-0.3, -0.25) is 4.79 Å². The standard InChI is InChI=1S/C22H29NO4/c1-3-26-19-12-8-7-11-17(19)18-13-20(24)23-15(2)21(18)22(25)27-14-16-9-5-4-6-10-16/h7-8,11-12,16,18H,3-6,9-10,13-14H2,1-2H3,(H,23,24)/t18-/m1/s1. The molecule has 0 spiro atoms. The summed E-state index contributed by atoms with van der Waals surface area (Å²) >= 11 is 0. The lowest BCUT2D eigenvalue weighted by Gasteiger charge is -2.28. The lowest BCUT2D eigenvalue weighted by atomic mass is 9.84. The van der Waals surface area contributed by atoms with Gasteiger partial charge in [0.1, 0.15) is 5.75 Å². The number of benzene rings is 1. The van der Waals surface area contributed by atoms with Gasteiger partial charge in [0.05, 0.1) is 18.8 Å². The third-order valence-corrected chi connectivity index (χ3v) is 5.46. The Morgan fingerprint density at radius 1 is 1.19 bits per heavy atom. The van der Waals surface area contributed by atoms with Crippen molar-refractivity contribution in [3.05, 3.63) is 41.1 Å². The molecule has 0 radical (unpaired) electrons. The minimum absolute atomic E-state index is 0.0902. The Bertz CT molecular complexity index is 719. The number of para-hydroxylation sites is 1. The first-order valence-electron chi connectivity index (χ1n) is 9.99. The molecule has 1 aromatic rings. The van der Waals surface area contributed by atoms with Gasteiger partial charge in [0.2, 0.25) is 5.91 Å². The van der Waals surface area contributed by atoms with Crippen LogP contribution in [-0.4, -0.2) is 25.1 Å². The first-order valence-corrected chi connectivity index (χ1v) is 9.99. The molecule has 1 saturated carbocycles. The van der Waals surface area contributed by atoms with Crippen LogP contribution < -0.4 is 10.1 Å². The second-order valence-corrected chi connectivity index (χ2v) is 7.42. The Labute approximate surface area is 161 Å². The second kappa shape index (κ2) is 9.07. The fourth-order valence-corrected chi connectivity index (χ4v) is 4.12. The molecule has 0 bridgehead atoms. The highest BCUT2D eigenvalue weighted by molar-refractivity contribution is 5.96. The SMILES string of the molecule is CCOc1ccccc1[C@H]1CC(=O)NC(C)=C1C(=O)OCC1CCCCC1. The first kappa shape index (κ1) is 19.5. The van der Waals surface area contributed by atoms with E-state index in [9.17, 15) is 9.59 Å². The molecular weight excluding hydrogens is 342 g/mol. The van der Waals surface area contributed by atoms with Crippen LogP contribution in [0.15, 0.2) is 35.5 Å². The molecule has 1 fully saturated rings. The maximum absolute atomic E-state index is 12.9. The summed E-state index contributed by atoms with van der Waals surface area (Å²) in [6.45, 7) is 4.68. The Morgan fingerprint density at radius 3 is 2.67 bits per heavy atom. The lowest BCUT2D eigenvalue weighted by Crippen LogP contribution is -2.34. The summed E-state index contributed by atoms with van der Waals surface area (Å²) in [5, 5.41) is 2.80. The Balaban J connectivity index is 1.82. The van der Waals surface area contributed by atoms with Gasteiger partial charge in [-0.2, -0.15) is 0 Å². The molecular formula is C22H29NO4. The van der Waals surface area contributed by atoms with Crippen LogP contribution in [0.25, 0.3) is 0 Å². The molecule has 2 aliphatic rings. The van der Waals surface area contributed by atoms with Gasteiger partial charge in [0.15, 0.2) is 0 Å². The largest absolute Gasteiger partial charge is 0.494 e. The van der Waals surface area contributed by atoms with E-state index in [1.807, 2.05) is 31.2 Å². The van der Waals surface area contributed by atoms with E-state index in [-0.39, 0.29) is 24.2 Å². The van der Waals surface area contributed by atoms with Gasteiger partial charge in [0, 0.05) is 23.6 Å². The number of amides is 1. The number of hydrogen-bond donors (Lipinski definition) is 1. The number of allylic oxidation sites excluding steroid dienone is 1. The average Bonchev–Trinajstić information content (AvgIpc) is 2.67. The van der Waals surface area contributed by atoms with Gasteiger partial charge < -0.3 is 14.8 Å². The summed E-state index contributed by atoms with van der Waals surface area (Å²) in [5.41, 5.74) is 1.98. The van der Waals surface area contributed by atoms with E-state index in [0.717, 1.165) is 18.4 Å². The summed E-state index contributed by atoms with van der Waals surface area (Å²) in [5.74, 6) is 0.406. The highest BCUT2D eigenvalue weighted by Crippen LogP contribution is 2.38. The molecule has 1 aliphatic heterocycles. The smallest absolute Gasteiger partial charge is 0.336 e. The van der Waals surface area contributed by atoms with Crippen molar-refractivity contribution in [2.24, 2.45) is 5.92 Å². The number of nitrogens with one attached hydrogen (secondary N) is 1. The second-order valence-electron chi connectivity index (χ2n) is 7.42. The third-order valence-electron chi connectivity index (χ3n) is 5.46. The summed E-state index contributed by atoms with van der Waals surface area (Å²) in [6.07, 6.45) is 6.17. The minimum atomic E-state index is -0.347. The highest BCUT2D eigenvalue weighted by Gasteiger charge is 2.34. The molecule has 3 rings (SSSR count). The number of carbonyl (C=O) groups is 2. The Kier molecular flexibility index (Phi) is 6.54. The molecule has 1 heterocycles. The molecule has 0 saturated heterocycles. The Hall–Kier alpha value is -2.30. The van der Waals surface area contributed by atoms with Crippen LogP contribution in [0.5, 0.6) is 5.75 Å². The number of ether oxygens (including phenoxy) is 2. The van der Waals surface area contributed by atoms with Crippen LogP contribution in [0.3, 0.4) is 0 Å². The third kappa shape index (κ3) is 4.71. The van der Waals surface area contributed by atoms with Crippen LogP contribution >= 0.6 is 0 Å². The van der Waals surface area contributed by atoms with Gasteiger partial charge in [-0.15, -0.1) is 0 Å². The molecule has 1 aliphatic carbocycles. The van der Waals surface area contributed by atoms with Gasteiger partial charge in [-0.1, -0.05) is 37.5 Å². The van der Waals surface area contributed by atoms with Crippen molar-refractivity contribution in [3.8, 4) is 5.75 Å². The first-order chi connectivity index (χ1) is 13.1. The van der Waals surface area contributed by atoms with Crippen molar-refractivity contribution in [1.29, 1.82) is 0 Å². The molecule has 146 valence electrons. The summed E-state index contributed by atoms with van der Waals surface area (Å²) in [6, 6.07) is 7.61. The van der Waals surface area contributed by atoms with E-state index in [0.29, 0.717) is 36.2 Å². The van der Waals surface area contributed by atoms with Crippen LogP contribution in [0, 0.1) is 5.92 Å². The van der Waals surface area contributed by atoms with Gasteiger partial charge in [-0.05, 0) is 38.7 Å². The van der Waals surface area contributed by atoms with E-state index in [2.05, 4.69) is 5.32 Å². The number of rotatable bonds is 6. The van der Waals surface area contributed by atoms with E-state index >= 15 is 0 Å². The van der Waals surface area contributed by atoms with Crippen molar-refractivity contribution in [1.82, 2.24) is 5.32 Å². The van der Waals surface area contributed by atoms with Gasteiger partial charge in [0.25, 0.3) is 0 Å². The number of hydrogen-bond acceptors (Lipinski definition) is 4. The van der Waals surface area contributed by atoms with Crippen LogP contribution in [0.1, 0.15) is 63.9 Å². The molecule has 1 aromatic carbocycles. The molecule has 0 aromatic heterocycles. The lowest BCUT2D eigenvalue weighted by molar-refractivity contribution is -0.141. The van der Waals surface area contributed by atoms with Crippen molar-refractivity contribution >= 4 is 11.9 Å². The average molecular weight is 371 g/mol. The normalized spacial score (nSPS) is 21.0. The highest BCUT2D eigenvalue weighted by atomic mass is 16.5. The Morgan fingerprint density at radius 2 is 1.93 bits per heavy atom. The van der Waals surface area contributed by atoms with Crippen molar-refractivity contribution in [2.45, 2.75) is 58.3 Å². The summed E-state index contributed by atoms with van der Waals surface area (Å²) in [7, 11) is 0. The fourth-order valence-electron chi connectivity index (χ4n) is 4.12. The van der Waals surface area contributed by atoms with E-state index in [1.165, 1.54) is 19.3 Å². The number of esters is 1. The topological polar surface area (TPSA) is 64.6 Å². The zero-order chi connectivity index (χ0) is 19.2. The minimum Gasteiger partial charge on any atom is -0.494 e. The maximum atomic E-state index is 12.9. The van der Waals surface area contributed by atoms with Crippen molar-refractivity contribution in [2.75, 3.05) is 13.2 Å². The van der Waals surface area contributed by atoms with Crippen LogP contribution in [-0.2, 0) is 14.3 Å². The number of carbonyl (C=O) groups excluding carboxylic acids is 2. The van der Waals surface area contributed by atoms with Gasteiger partial charge in [-0.25, -0.2) is 4.79 Å². The van der Waals surface area contributed by atoms with E-state index in [4.69, 9.17) is 9.47 Å². The molecule has 1 atom stereocenters. The summed E-state index contributed by atoms with van der Waals surface area (Å²) in [4.78, 5) is 25.1. The molecule has 5 heteroatoms. The van der Waals surface area contributed by atoms with Crippen molar-refractivity contribution < 1.29 is 19.1 Å². The molecule has 0 unspecified atom stereocenters. The molecule has 1 amide bonds. The zero-order valence-electron chi connectivity index (χ0n) is 16.3.